The highest BCUT2D eigenvalue weighted by atomic mass is 32.2. The van der Waals surface area contributed by atoms with Gasteiger partial charge < -0.3 is 15.0 Å². The van der Waals surface area contributed by atoms with Crippen molar-refractivity contribution in [3.63, 3.8) is 0 Å². The average Bonchev–Trinajstić information content (AvgIpc) is 2.71. The number of ether oxygens (including phenoxy) is 1. The maximum absolute atomic E-state index is 12.4. The molecule has 158 valence electrons. The number of carbonyl (C=O) groups excluding carboxylic acids is 1. The maximum atomic E-state index is 12.4. The second kappa shape index (κ2) is 10.2. The van der Waals surface area contributed by atoms with E-state index in [1.807, 2.05) is 24.3 Å². The molecule has 0 radical (unpaired) electrons. The Labute approximate surface area is 173 Å². The van der Waals surface area contributed by atoms with E-state index in [0.29, 0.717) is 18.0 Å². The zero-order valence-corrected chi connectivity index (χ0v) is 18.2. The van der Waals surface area contributed by atoms with Crippen LogP contribution in [0.1, 0.15) is 19.4 Å². The number of amides is 1. The van der Waals surface area contributed by atoms with Gasteiger partial charge in [-0.2, -0.15) is 0 Å². The van der Waals surface area contributed by atoms with Crippen LogP contribution >= 0.6 is 0 Å². The predicted octanol–water partition coefficient (Wildman–Crippen LogP) is 2.62. The molecule has 1 N–H and O–H groups in total. The van der Waals surface area contributed by atoms with Gasteiger partial charge in [0.25, 0.3) is 0 Å². The Bertz CT molecular complexity index is 910. The number of benzene rings is 2. The van der Waals surface area contributed by atoms with Crippen molar-refractivity contribution in [2.75, 3.05) is 42.2 Å². The number of hydrogen-bond donors (Lipinski definition) is 1. The quantitative estimate of drug-likeness (QED) is 0.640. The third-order valence-corrected chi connectivity index (χ3v) is 5.72. The number of hydrogen-bond acceptors (Lipinski definition) is 5. The first-order valence-electron chi connectivity index (χ1n) is 9.50. The van der Waals surface area contributed by atoms with Crippen molar-refractivity contribution in [2.45, 2.75) is 20.4 Å². The highest BCUT2D eigenvalue weighted by molar-refractivity contribution is 7.92. The lowest BCUT2D eigenvalue weighted by atomic mass is 10.2. The van der Waals surface area contributed by atoms with Gasteiger partial charge >= 0.3 is 0 Å². The molecule has 0 aromatic heterocycles. The van der Waals surface area contributed by atoms with Gasteiger partial charge in [0, 0.05) is 31.4 Å². The first kappa shape index (κ1) is 22.5. The minimum atomic E-state index is -3.63. The Balaban J connectivity index is 2.03. The van der Waals surface area contributed by atoms with Crippen molar-refractivity contribution in [1.82, 2.24) is 5.32 Å². The minimum absolute atomic E-state index is 0.302. The standard InChI is InChI=1S/C21H29N3O4S/c1-5-23(6-2)18-12-10-17(11-13-18)15-22-21(25)16-24(29(4,26)27)19-8-7-9-20(14-19)28-3/h7-14H,5-6,15-16H2,1-4H3,(H,22,25). The molecular formula is C21H29N3O4S. The molecule has 0 atom stereocenters. The number of nitrogens with one attached hydrogen (secondary N) is 1. The first-order chi connectivity index (χ1) is 13.8. The molecule has 0 spiro atoms. The van der Waals surface area contributed by atoms with E-state index in [4.69, 9.17) is 4.74 Å². The Kier molecular flexibility index (Phi) is 7.90. The summed E-state index contributed by atoms with van der Waals surface area (Å²) in [5.41, 5.74) is 2.46. The number of rotatable bonds is 10. The summed E-state index contributed by atoms with van der Waals surface area (Å²) in [6, 6.07) is 14.6. The Morgan fingerprint density at radius 1 is 1.03 bits per heavy atom. The van der Waals surface area contributed by atoms with Crippen molar-refractivity contribution in [2.24, 2.45) is 0 Å². The third kappa shape index (κ3) is 6.39. The van der Waals surface area contributed by atoms with E-state index < -0.39 is 10.0 Å². The molecule has 0 saturated carbocycles. The zero-order valence-electron chi connectivity index (χ0n) is 17.4. The van der Waals surface area contributed by atoms with Crippen LogP contribution in [0.3, 0.4) is 0 Å². The molecule has 0 heterocycles. The lowest BCUT2D eigenvalue weighted by Gasteiger charge is -2.22. The molecule has 1 amide bonds. The maximum Gasteiger partial charge on any atom is 0.241 e. The van der Waals surface area contributed by atoms with Gasteiger partial charge in [-0.3, -0.25) is 9.10 Å². The third-order valence-electron chi connectivity index (χ3n) is 4.58. The van der Waals surface area contributed by atoms with Crippen molar-refractivity contribution in [1.29, 1.82) is 0 Å². The molecule has 8 heteroatoms. The molecule has 0 bridgehead atoms. The summed E-state index contributed by atoms with van der Waals surface area (Å²) >= 11 is 0. The van der Waals surface area contributed by atoms with Crippen molar-refractivity contribution >= 4 is 27.3 Å². The van der Waals surface area contributed by atoms with E-state index in [1.165, 1.54) is 7.11 Å². The Morgan fingerprint density at radius 2 is 1.69 bits per heavy atom. The van der Waals surface area contributed by atoms with Crippen LogP contribution in [0, 0.1) is 0 Å². The van der Waals surface area contributed by atoms with Crippen LogP contribution in [0.5, 0.6) is 5.75 Å². The predicted molar refractivity (Wildman–Crippen MR) is 117 cm³/mol. The highest BCUT2D eigenvalue weighted by Crippen LogP contribution is 2.23. The van der Waals surface area contributed by atoms with Gasteiger partial charge in [0.2, 0.25) is 15.9 Å². The summed E-state index contributed by atoms with van der Waals surface area (Å²) < 4.78 is 30.6. The average molecular weight is 420 g/mol. The molecule has 29 heavy (non-hydrogen) atoms. The monoisotopic (exact) mass is 419 g/mol. The molecule has 7 nitrogen and oxygen atoms in total. The molecule has 2 aromatic rings. The van der Waals surface area contributed by atoms with E-state index in [9.17, 15) is 13.2 Å². The van der Waals surface area contributed by atoms with Gasteiger partial charge in [-0.05, 0) is 43.7 Å². The molecule has 2 rings (SSSR count). The molecule has 0 fully saturated rings. The molecule has 0 aliphatic heterocycles. The van der Waals surface area contributed by atoms with E-state index >= 15 is 0 Å². The van der Waals surface area contributed by atoms with Crippen molar-refractivity contribution < 1.29 is 17.9 Å². The Morgan fingerprint density at radius 3 is 2.24 bits per heavy atom. The normalized spacial score (nSPS) is 11.0. The summed E-state index contributed by atoms with van der Waals surface area (Å²) in [7, 11) is -2.13. The van der Waals surface area contributed by atoms with E-state index in [-0.39, 0.29) is 12.5 Å². The summed E-state index contributed by atoms with van der Waals surface area (Å²) in [4.78, 5) is 14.6. The van der Waals surface area contributed by atoms with Gasteiger partial charge in [-0.15, -0.1) is 0 Å². The summed E-state index contributed by atoms with van der Waals surface area (Å²) in [6.45, 7) is 6.09. The molecule has 0 saturated heterocycles. The lowest BCUT2D eigenvalue weighted by molar-refractivity contribution is -0.119. The molecule has 0 aliphatic rings. The zero-order chi connectivity index (χ0) is 21.4. The molecule has 0 aliphatic carbocycles. The number of anilines is 2. The van der Waals surface area contributed by atoms with Crippen LogP contribution in [-0.4, -0.2) is 47.3 Å². The summed E-state index contributed by atoms with van der Waals surface area (Å²) in [5.74, 6) is 0.135. The second-order valence-electron chi connectivity index (χ2n) is 6.59. The van der Waals surface area contributed by atoms with Crippen LogP contribution < -0.4 is 19.3 Å². The number of methoxy groups -OCH3 is 1. The van der Waals surface area contributed by atoms with Crippen molar-refractivity contribution in [3.8, 4) is 5.75 Å². The second-order valence-corrected chi connectivity index (χ2v) is 8.49. The number of sulfonamides is 1. The van der Waals surface area contributed by atoms with E-state index in [0.717, 1.165) is 34.9 Å². The van der Waals surface area contributed by atoms with E-state index in [1.54, 1.807) is 24.3 Å². The summed E-state index contributed by atoms with van der Waals surface area (Å²) in [5, 5.41) is 2.79. The smallest absolute Gasteiger partial charge is 0.241 e. The largest absolute Gasteiger partial charge is 0.497 e. The van der Waals surface area contributed by atoms with Crippen LogP contribution in [0.2, 0.25) is 0 Å². The number of carbonyl (C=O) groups is 1. The van der Waals surface area contributed by atoms with Crippen LogP contribution in [-0.2, 0) is 21.4 Å². The lowest BCUT2D eigenvalue weighted by Crippen LogP contribution is -2.40. The van der Waals surface area contributed by atoms with Gasteiger partial charge in [0.05, 0.1) is 19.1 Å². The first-order valence-corrected chi connectivity index (χ1v) is 11.4. The van der Waals surface area contributed by atoms with Crippen LogP contribution in [0.25, 0.3) is 0 Å². The van der Waals surface area contributed by atoms with E-state index in [2.05, 4.69) is 24.1 Å². The van der Waals surface area contributed by atoms with Gasteiger partial charge in [-0.1, -0.05) is 18.2 Å². The minimum Gasteiger partial charge on any atom is -0.497 e. The van der Waals surface area contributed by atoms with Gasteiger partial charge in [0.15, 0.2) is 0 Å². The van der Waals surface area contributed by atoms with Crippen LogP contribution in [0.15, 0.2) is 48.5 Å². The molecule has 0 unspecified atom stereocenters. The van der Waals surface area contributed by atoms with Crippen molar-refractivity contribution in [3.05, 3.63) is 54.1 Å². The highest BCUT2D eigenvalue weighted by Gasteiger charge is 2.21. The fraction of sp³-hybridized carbons (Fsp3) is 0.381. The fourth-order valence-electron chi connectivity index (χ4n) is 2.97. The van der Waals surface area contributed by atoms with Gasteiger partial charge in [-0.25, -0.2) is 8.42 Å². The van der Waals surface area contributed by atoms with Gasteiger partial charge in [0.1, 0.15) is 12.3 Å². The molecular weight excluding hydrogens is 390 g/mol. The molecule has 2 aromatic carbocycles. The summed E-state index contributed by atoms with van der Waals surface area (Å²) in [6.07, 6.45) is 1.08. The Hall–Kier alpha value is -2.74. The SMILES string of the molecule is CCN(CC)c1ccc(CNC(=O)CN(c2cccc(OC)c2)S(C)(=O)=O)cc1. The number of nitrogens with zero attached hydrogens (tertiary/aromatic N) is 2. The fourth-order valence-corrected chi connectivity index (χ4v) is 3.81. The van der Waals surface area contributed by atoms with Crippen LogP contribution in [0.4, 0.5) is 11.4 Å². The topological polar surface area (TPSA) is 79.0 Å².